The maximum absolute atomic E-state index is 3.61. The molecule has 0 aliphatic carbocycles. The minimum atomic E-state index is 0.474. The predicted molar refractivity (Wildman–Crippen MR) is 100 cm³/mol. The standard InChI is InChI=1S/C17H19Br2NS/c1-2-20-15(11-13-6-5-7-14(18)10-13)12-21-17-9-4-3-8-16(17)19/h3-10,15,20H,2,11-12H2,1H3. The number of halogens is 2. The molecular weight excluding hydrogens is 410 g/mol. The highest BCUT2D eigenvalue weighted by Crippen LogP contribution is 2.28. The predicted octanol–water partition coefficient (Wildman–Crippen LogP) is 5.52. The highest BCUT2D eigenvalue weighted by Gasteiger charge is 2.10. The second-order valence-corrected chi connectivity index (χ2v) is 7.66. The molecule has 112 valence electrons. The molecule has 1 nitrogen and oxygen atoms in total. The molecule has 0 bridgehead atoms. The maximum Gasteiger partial charge on any atom is 0.0311 e. The molecular formula is C17H19Br2NS. The minimum absolute atomic E-state index is 0.474. The van der Waals surface area contributed by atoms with Crippen molar-refractivity contribution in [3.63, 3.8) is 0 Å². The Morgan fingerprint density at radius 1 is 1.10 bits per heavy atom. The van der Waals surface area contributed by atoms with Crippen LogP contribution in [0, 0.1) is 0 Å². The normalized spacial score (nSPS) is 12.3. The first-order chi connectivity index (χ1) is 10.2. The molecule has 1 N–H and O–H groups in total. The molecule has 0 amide bonds. The number of rotatable bonds is 7. The summed E-state index contributed by atoms with van der Waals surface area (Å²) in [6, 6.07) is 17.4. The number of hydrogen-bond donors (Lipinski definition) is 1. The SMILES string of the molecule is CCNC(CSc1ccccc1Br)Cc1cccc(Br)c1. The van der Waals surface area contributed by atoms with Crippen molar-refractivity contribution in [2.75, 3.05) is 12.3 Å². The molecule has 21 heavy (non-hydrogen) atoms. The molecule has 0 heterocycles. The van der Waals surface area contributed by atoms with E-state index in [0.29, 0.717) is 6.04 Å². The molecule has 0 saturated carbocycles. The van der Waals surface area contributed by atoms with Crippen LogP contribution in [0.3, 0.4) is 0 Å². The van der Waals surface area contributed by atoms with Gasteiger partial charge in [-0.3, -0.25) is 0 Å². The van der Waals surface area contributed by atoms with Crippen LogP contribution in [0.25, 0.3) is 0 Å². The van der Waals surface area contributed by atoms with E-state index in [1.807, 2.05) is 11.8 Å². The molecule has 0 aliphatic rings. The Labute approximate surface area is 148 Å². The van der Waals surface area contributed by atoms with Crippen LogP contribution in [0.4, 0.5) is 0 Å². The van der Waals surface area contributed by atoms with Crippen LogP contribution < -0.4 is 5.32 Å². The first-order valence-electron chi connectivity index (χ1n) is 7.04. The lowest BCUT2D eigenvalue weighted by molar-refractivity contribution is 0.572. The van der Waals surface area contributed by atoms with Crippen LogP contribution >= 0.6 is 43.6 Å². The highest BCUT2D eigenvalue weighted by atomic mass is 79.9. The van der Waals surface area contributed by atoms with Gasteiger partial charge in [0.15, 0.2) is 0 Å². The summed E-state index contributed by atoms with van der Waals surface area (Å²) in [6.45, 7) is 3.16. The lowest BCUT2D eigenvalue weighted by atomic mass is 10.1. The third kappa shape index (κ3) is 5.78. The summed E-state index contributed by atoms with van der Waals surface area (Å²) in [4.78, 5) is 1.30. The van der Waals surface area contributed by atoms with E-state index in [0.717, 1.165) is 23.2 Å². The van der Waals surface area contributed by atoms with Crippen molar-refractivity contribution in [2.24, 2.45) is 0 Å². The van der Waals surface area contributed by atoms with Crippen LogP contribution in [0.1, 0.15) is 12.5 Å². The van der Waals surface area contributed by atoms with Gasteiger partial charge in [0.1, 0.15) is 0 Å². The second kappa shape index (κ2) is 8.99. The van der Waals surface area contributed by atoms with E-state index in [1.54, 1.807) is 0 Å². The summed E-state index contributed by atoms with van der Waals surface area (Å²) in [7, 11) is 0. The molecule has 4 heteroatoms. The lowest BCUT2D eigenvalue weighted by Crippen LogP contribution is -2.33. The number of likely N-dealkylation sites (N-methyl/N-ethyl adjacent to an activating group) is 1. The summed E-state index contributed by atoms with van der Waals surface area (Å²) >= 11 is 9.06. The first kappa shape index (κ1) is 17.1. The Balaban J connectivity index is 1.97. The number of benzene rings is 2. The number of hydrogen-bond acceptors (Lipinski definition) is 2. The van der Waals surface area contributed by atoms with Gasteiger partial charge in [-0.25, -0.2) is 0 Å². The van der Waals surface area contributed by atoms with Gasteiger partial charge in [-0.2, -0.15) is 0 Å². The Kier molecular flexibility index (Phi) is 7.30. The van der Waals surface area contributed by atoms with Crippen molar-refractivity contribution >= 4 is 43.6 Å². The smallest absolute Gasteiger partial charge is 0.0311 e. The highest BCUT2D eigenvalue weighted by molar-refractivity contribution is 9.10. The molecule has 1 atom stereocenters. The van der Waals surface area contributed by atoms with Crippen molar-refractivity contribution in [2.45, 2.75) is 24.3 Å². The lowest BCUT2D eigenvalue weighted by Gasteiger charge is -2.18. The molecule has 0 spiro atoms. The molecule has 0 saturated heterocycles. The van der Waals surface area contributed by atoms with E-state index in [9.17, 15) is 0 Å². The fourth-order valence-corrected chi connectivity index (χ4v) is 4.25. The molecule has 1 unspecified atom stereocenters. The monoisotopic (exact) mass is 427 g/mol. The molecule has 0 aromatic heterocycles. The second-order valence-electron chi connectivity index (χ2n) is 4.83. The molecule has 2 rings (SSSR count). The van der Waals surface area contributed by atoms with Gasteiger partial charge in [0.2, 0.25) is 0 Å². The van der Waals surface area contributed by atoms with E-state index in [2.05, 4.69) is 92.6 Å². The summed E-state index contributed by atoms with van der Waals surface area (Å²) in [5.41, 5.74) is 1.36. The van der Waals surface area contributed by atoms with Crippen LogP contribution in [0.15, 0.2) is 62.4 Å². The maximum atomic E-state index is 3.61. The largest absolute Gasteiger partial charge is 0.313 e. The van der Waals surface area contributed by atoms with Crippen LogP contribution in [-0.2, 0) is 6.42 Å². The van der Waals surface area contributed by atoms with Gasteiger partial charge in [-0.15, -0.1) is 11.8 Å². The van der Waals surface area contributed by atoms with Crippen molar-refractivity contribution in [1.82, 2.24) is 5.32 Å². The Morgan fingerprint density at radius 3 is 2.62 bits per heavy atom. The topological polar surface area (TPSA) is 12.0 Å². The summed E-state index contributed by atoms with van der Waals surface area (Å²) in [5, 5.41) is 3.59. The third-order valence-electron chi connectivity index (χ3n) is 3.14. The van der Waals surface area contributed by atoms with Gasteiger partial charge in [0.25, 0.3) is 0 Å². The van der Waals surface area contributed by atoms with Gasteiger partial charge in [-0.1, -0.05) is 47.1 Å². The number of thioether (sulfide) groups is 1. The van der Waals surface area contributed by atoms with Crippen molar-refractivity contribution in [3.05, 3.63) is 63.0 Å². The fourth-order valence-electron chi connectivity index (χ4n) is 2.18. The zero-order valence-electron chi connectivity index (χ0n) is 12.0. The quantitative estimate of drug-likeness (QED) is 0.582. The first-order valence-corrected chi connectivity index (χ1v) is 9.61. The van der Waals surface area contributed by atoms with Gasteiger partial charge >= 0.3 is 0 Å². The summed E-state index contributed by atoms with van der Waals surface area (Å²) in [5.74, 6) is 1.06. The fraction of sp³-hybridized carbons (Fsp3) is 0.294. The van der Waals surface area contributed by atoms with Crippen LogP contribution in [0.5, 0.6) is 0 Å². The zero-order chi connectivity index (χ0) is 15.1. The van der Waals surface area contributed by atoms with Crippen LogP contribution in [-0.4, -0.2) is 18.3 Å². The summed E-state index contributed by atoms with van der Waals surface area (Å²) in [6.07, 6.45) is 1.05. The van der Waals surface area contributed by atoms with Gasteiger partial charge < -0.3 is 5.32 Å². The Hall–Kier alpha value is -0.290. The van der Waals surface area contributed by atoms with Gasteiger partial charge in [-0.05, 0) is 58.7 Å². The van der Waals surface area contributed by atoms with E-state index >= 15 is 0 Å². The molecule has 2 aromatic rings. The van der Waals surface area contributed by atoms with Gasteiger partial charge in [0, 0.05) is 25.6 Å². The van der Waals surface area contributed by atoms with Crippen molar-refractivity contribution in [3.8, 4) is 0 Å². The zero-order valence-corrected chi connectivity index (χ0v) is 16.0. The molecule has 0 radical (unpaired) electrons. The van der Waals surface area contributed by atoms with Crippen molar-refractivity contribution in [1.29, 1.82) is 0 Å². The van der Waals surface area contributed by atoms with E-state index < -0.39 is 0 Å². The van der Waals surface area contributed by atoms with E-state index in [1.165, 1.54) is 14.9 Å². The average Bonchev–Trinajstić information content (AvgIpc) is 2.46. The van der Waals surface area contributed by atoms with Gasteiger partial charge in [0.05, 0.1) is 0 Å². The minimum Gasteiger partial charge on any atom is -0.313 e. The van der Waals surface area contributed by atoms with Crippen molar-refractivity contribution < 1.29 is 0 Å². The Bertz CT molecular complexity index is 574. The Morgan fingerprint density at radius 2 is 1.90 bits per heavy atom. The van der Waals surface area contributed by atoms with E-state index in [-0.39, 0.29) is 0 Å². The number of nitrogens with one attached hydrogen (secondary N) is 1. The van der Waals surface area contributed by atoms with E-state index in [4.69, 9.17) is 0 Å². The molecule has 2 aromatic carbocycles. The summed E-state index contributed by atoms with van der Waals surface area (Å²) < 4.78 is 2.32. The molecule has 0 fully saturated rings. The van der Waals surface area contributed by atoms with Crippen LogP contribution in [0.2, 0.25) is 0 Å². The molecule has 0 aliphatic heterocycles. The average molecular weight is 429 g/mol. The third-order valence-corrected chi connectivity index (χ3v) is 5.82.